The minimum Gasteiger partial charge on any atom is -0.493 e. The van der Waals surface area contributed by atoms with Gasteiger partial charge in [0, 0.05) is 29.3 Å². The number of carbonyl (C=O) groups is 1. The topological polar surface area (TPSA) is 51.1 Å². The van der Waals surface area contributed by atoms with Crippen molar-refractivity contribution in [3.8, 4) is 11.5 Å². The lowest BCUT2D eigenvalue weighted by atomic mass is 10.0. The first-order chi connectivity index (χ1) is 17.5. The maximum atomic E-state index is 13.4. The van der Waals surface area contributed by atoms with Gasteiger partial charge in [0.05, 0.1) is 24.0 Å². The van der Waals surface area contributed by atoms with Crippen molar-refractivity contribution in [2.75, 3.05) is 30.9 Å². The Bertz CT molecular complexity index is 1240. The van der Waals surface area contributed by atoms with Gasteiger partial charge in [0.15, 0.2) is 16.7 Å². The Morgan fingerprint density at radius 1 is 1.03 bits per heavy atom. The fraction of sp³-hybridized carbons (Fsp3) is 0.333. The molecule has 198 valence electrons. The van der Waals surface area contributed by atoms with Crippen LogP contribution in [0.4, 0.5) is 26.3 Å². The van der Waals surface area contributed by atoms with Gasteiger partial charge >= 0.3 is 12.4 Å². The average molecular weight is 563 g/mol. The Labute approximate surface area is 216 Å². The molecule has 0 saturated carbocycles. The van der Waals surface area contributed by atoms with Crippen molar-refractivity contribution in [2.45, 2.75) is 19.0 Å². The number of alkyl halides is 6. The lowest BCUT2D eigenvalue weighted by Gasteiger charge is -2.30. The molecule has 0 unspecified atom stereocenters. The third-order valence-corrected chi connectivity index (χ3v) is 7.41. The summed E-state index contributed by atoms with van der Waals surface area (Å²) in [6.07, 6.45) is -7.99. The van der Waals surface area contributed by atoms with Gasteiger partial charge in [0.25, 0.3) is 5.91 Å². The van der Waals surface area contributed by atoms with Gasteiger partial charge < -0.3 is 14.4 Å². The molecule has 2 aliphatic rings. The number of methoxy groups -OCH3 is 1. The zero-order valence-electron chi connectivity index (χ0n) is 19.3. The number of benzene rings is 2. The van der Waals surface area contributed by atoms with E-state index in [1.807, 2.05) is 11.0 Å². The van der Waals surface area contributed by atoms with Crippen molar-refractivity contribution in [1.82, 2.24) is 4.90 Å². The predicted octanol–water partition coefficient (Wildman–Crippen LogP) is 6.33. The minimum atomic E-state index is -4.99. The minimum absolute atomic E-state index is 0.0830. The van der Waals surface area contributed by atoms with Gasteiger partial charge in [-0.25, -0.2) is 0 Å². The fourth-order valence-electron chi connectivity index (χ4n) is 3.71. The molecule has 0 radical (unpaired) electrons. The Hall–Kier alpha value is -2.80. The Morgan fingerprint density at radius 3 is 2.46 bits per heavy atom. The molecule has 2 heterocycles. The molecular weight excluding hydrogens is 542 g/mol. The number of aliphatic imine (C=N–C) groups is 1. The van der Waals surface area contributed by atoms with Gasteiger partial charge in [-0.2, -0.15) is 43.1 Å². The molecule has 0 bridgehead atoms. The van der Waals surface area contributed by atoms with Crippen molar-refractivity contribution >= 4 is 40.7 Å². The molecule has 1 amide bonds. The molecule has 13 heteroatoms. The van der Waals surface area contributed by atoms with Crippen LogP contribution in [-0.4, -0.2) is 46.9 Å². The van der Waals surface area contributed by atoms with Crippen LogP contribution in [0.3, 0.4) is 0 Å². The number of nitrogens with zero attached hydrogens (tertiary/aromatic N) is 2. The summed E-state index contributed by atoms with van der Waals surface area (Å²) in [6.45, 7) is 0.0852. The number of hydrogen-bond acceptors (Lipinski definition) is 6. The van der Waals surface area contributed by atoms with Crippen LogP contribution in [0.2, 0.25) is 0 Å². The fourth-order valence-corrected chi connectivity index (χ4v) is 5.46. The highest BCUT2D eigenvalue weighted by Crippen LogP contribution is 2.38. The molecule has 1 fully saturated rings. The van der Waals surface area contributed by atoms with Gasteiger partial charge in [-0.05, 0) is 35.9 Å². The van der Waals surface area contributed by atoms with E-state index in [9.17, 15) is 31.1 Å². The highest BCUT2D eigenvalue weighted by Gasteiger charge is 2.38. The maximum Gasteiger partial charge on any atom is 0.416 e. The van der Waals surface area contributed by atoms with E-state index in [0.717, 1.165) is 23.1 Å². The molecule has 4 rings (SSSR count). The maximum absolute atomic E-state index is 13.4. The molecule has 2 aliphatic heterocycles. The van der Waals surface area contributed by atoms with Crippen LogP contribution in [0.25, 0.3) is 6.08 Å². The predicted molar refractivity (Wildman–Crippen MR) is 131 cm³/mol. The number of hydrogen-bond donors (Lipinski definition) is 0. The molecular formula is C24H20F6N2O3S2. The zero-order valence-corrected chi connectivity index (χ0v) is 20.9. The molecule has 5 nitrogen and oxygen atoms in total. The molecule has 0 aromatic heterocycles. The number of amidine groups is 1. The van der Waals surface area contributed by atoms with E-state index in [4.69, 9.17) is 9.47 Å². The summed E-state index contributed by atoms with van der Waals surface area (Å²) in [5, 5.41) is 0.653. The first-order valence-electron chi connectivity index (χ1n) is 10.8. The first kappa shape index (κ1) is 27.2. The average Bonchev–Trinajstić information content (AvgIpc) is 3.28. The van der Waals surface area contributed by atoms with E-state index in [-0.39, 0.29) is 23.5 Å². The zero-order chi connectivity index (χ0) is 26.8. The molecule has 37 heavy (non-hydrogen) atoms. The van der Waals surface area contributed by atoms with Crippen molar-refractivity contribution < 1.29 is 40.6 Å². The van der Waals surface area contributed by atoms with Gasteiger partial charge in [0.2, 0.25) is 0 Å². The van der Waals surface area contributed by atoms with Crippen LogP contribution in [-0.2, 0) is 23.8 Å². The lowest BCUT2D eigenvalue weighted by molar-refractivity contribution is -0.143. The van der Waals surface area contributed by atoms with Crippen LogP contribution in [0.15, 0.2) is 47.1 Å². The van der Waals surface area contributed by atoms with Crippen LogP contribution in [0.1, 0.15) is 22.3 Å². The Balaban J connectivity index is 1.56. The summed E-state index contributed by atoms with van der Waals surface area (Å²) in [6, 6.07) is 6.30. The summed E-state index contributed by atoms with van der Waals surface area (Å²) in [4.78, 5) is 17.6. The number of rotatable bonds is 5. The molecule has 0 aliphatic carbocycles. The second kappa shape index (κ2) is 10.9. The van der Waals surface area contributed by atoms with Gasteiger partial charge in [0.1, 0.15) is 6.61 Å². The van der Waals surface area contributed by atoms with Gasteiger partial charge in [-0.3, -0.25) is 4.79 Å². The second-order valence-corrected chi connectivity index (χ2v) is 10.0. The molecule has 1 saturated heterocycles. The molecule has 2 aromatic rings. The van der Waals surface area contributed by atoms with Crippen molar-refractivity contribution in [3.63, 3.8) is 0 Å². The highest BCUT2D eigenvalue weighted by molar-refractivity contribution is 8.14. The number of ether oxygens (including phenoxy) is 2. The molecule has 0 N–H and O–H groups in total. The largest absolute Gasteiger partial charge is 0.493 e. The number of amides is 1. The highest BCUT2D eigenvalue weighted by atomic mass is 32.2. The number of halogens is 6. The number of thioether (sulfide) groups is 2. The molecule has 0 spiro atoms. The Kier molecular flexibility index (Phi) is 8.02. The summed E-state index contributed by atoms with van der Waals surface area (Å²) in [5.41, 5.74) is -1.57. The normalized spacial score (nSPS) is 17.8. The summed E-state index contributed by atoms with van der Waals surface area (Å²) >= 11 is 3.11. The van der Waals surface area contributed by atoms with Crippen LogP contribution in [0.5, 0.6) is 11.5 Å². The van der Waals surface area contributed by atoms with Gasteiger partial charge in [-0.15, -0.1) is 0 Å². The smallest absolute Gasteiger partial charge is 0.416 e. The van der Waals surface area contributed by atoms with Crippen molar-refractivity contribution in [2.24, 2.45) is 4.99 Å². The van der Waals surface area contributed by atoms with E-state index < -0.39 is 35.6 Å². The Morgan fingerprint density at radius 2 is 1.81 bits per heavy atom. The van der Waals surface area contributed by atoms with Crippen LogP contribution < -0.4 is 9.47 Å². The van der Waals surface area contributed by atoms with E-state index in [1.54, 1.807) is 23.9 Å². The van der Waals surface area contributed by atoms with Crippen LogP contribution >= 0.6 is 23.5 Å². The summed E-state index contributed by atoms with van der Waals surface area (Å²) in [5.74, 6) is 2.08. The van der Waals surface area contributed by atoms with Crippen LogP contribution in [0, 0.1) is 0 Å². The van der Waals surface area contributed by atoms with E-state index in [0.29, 0.717) is 29.3 Å². The van der Waals surface area contributed by atoms with E-state index in [1.165, 1.54) is 24.9 Å². The lowest BCUT2D eigenvalue weighted by Crippen LogP contribution is -2.34. The first-order valence-corrected chi connectivity index (χ1v) is 13.0. The summed E-state index contributed by atoms with van der Waals surface area (Å²) < 4.78 is 90.0. The third kappa shape index (κ3) is 6.56. The SMILES string of the molecule is COc1cc(/C=C2\CSCCN2C2=NC(=O)CS2)ccc1OCc1ccc(C(F)(F)F)cc1C(F)(F)F. The molecule has 2 aromatic carbocycles. The van der Waals surface area contributed by atoms with E-state index in [2.05, 4.69) is 4.99 Å². The standard InChI is InChI=1S/C24H20F6N2O3S2/c1-34-20-9-14(8-17-12-36-7-6-32(17)22-31-21(33)13-37-22)2-5-19(20)35-11-15-3-4-16(23(25,26)27)10-18(15)24(28,29)30/h2-5,8-10H,6-7,11-13H2,1H3/b17-8+. The quantitative estimate of drug-likeness (QED) is 0.397. The number of carbonyl (C=O) groups excluding carboxylic acids is 1. The van der Waals surface area contributed by atoms with Crippen molar-refractivity contribution in [3.05, 3.63) is 64.3 Å². The summed E-state index contributed by atoms with van der Waals surface area (Å²) in [7, 11) is 1.37. The second-order valence-electron chi connectivity index (χ2n) is 7.98. The third-order valence-electron chi connectivity index (χ3n) is 5.48. The monoisotopic (exact) mass is 562 g/mol. The van der Waals surface area contributed by atoms with E-state index >= 15 is 0 Å². The van der Waals surface area contributed by atoms with Crippen molar-refractivity contribution in [1.29, 1.82) is 0 Å². The van der Waals surface area contributed by atoms with Gasteiger partial charge in [-0.1, -0.05) is 23.9 Å². The molecule has 0 atom stereocenters.